The number of carbonyl (C=O) groups is 1. The van der Waals surface area contributed by atoms with Gasteiger partial charge in [0.25, 0.3) is 0 Å². The fourth-order valence-electron chi connectivity index (χ4n) is 2.54. The molecule has 0 saturated carbocycles. The van der Waals surface area contributed by atoms with Crippen molar-refractivity contribution in [3.63, 3.8) is 0 Å². The van der Waals surface area contributed by atoms with E-state index in [9.17, 15) is 4.79 Å². The third kappa shape index (κ3) is 4.07. The van der Waals surface area contributed by atoms with Gasteiger partial charge in [-0.3, -0.25) is 4.79 Å². The van der Waals surface area contributed by atoms with Gasteiger partial charge in [0, 0.05) is 11.1 Å². The lowest BCUT2D eigenvalue weighted by Gasteiger charge is -2.17. The summed E-state index contributed by atoms with van der Waals surface area (Å²) in [6.45, 7) is 2.70. The minimum atomic E-state index is 0.0793. The molecule has 0 fully saturated rings. The highest BCUT2D eigenvalue weighted by Gasteiger charge is 2.11. The average molecular weight is 332 g/mol. The normalized spacial score (nSPS) is 11.1. The number of hydrogen-bond donors (Lipinski definition) is 0. The van der Waals surface area contributed by atoms with E-state index in [2.05, 4.69) is 0 Å². The summed E-state index contributed by atoms with van der Waals surface area (Å²) in [5.41, 5.74) is 3.82. The van der Waals surface area contributed by atoms with Crippen LogP contribution in [-0.2, 0) is 6.61 Å². The predicted octanol–water partition coefficient (Wildman–Crippen LogP) is 4.81. The molecule has 0 aromatic heterocycles. The Hall–Kier alpha value is -3.07. The molecule has 2 aliphatic rings. The Labute approximate surface area is 147 Å². The summed E-state index contributed by atoms with van der Waals surface area (Å²) in [6.07, 6.45) is 0. The highest BCUT2D eigenvalue weighted by atomic mass is 16.5. The second-order valence-corrected chi connectivity index (χ2v) is 5.84. The molecule has 0 spiro atoms. The fourth-order valence-corrected chi connectivity index (χ4v) is 2.54. The molecule has 3 nitrogen and oxygen atoms in total. The van der Waals surface area contributed by atoms with Crippen molar-refractivity contribution in [2.45, 2.75) is 13.5 Å². The summed E-state index contributed by atoms with van der Waals surface area (Å²) in [6, 6.07) is 22.9. The number of ketones is 1. The summed E-state index contributed by atoms with van der Waals surface area (Å²) in [5, 5.41) is 0. The molecule has 0 N–H and O–H groups in total. The van der Waals surface area contributed by atoms with Crippen molar-refractivity contribution in [2.75, 3.05) is 7.11 Å². The van der Waals surface area contributed by atoms with Gasteiger partial charge in [0.1, 0.15) is 6.61 Å². The molecule has 0 amide bonds. The van der Waals surface area contributed by atoms with Gasteiger partial charge in [-0.05, 0) is 24.6 Å². The first-order valence-electron chi connectivity index (χ1n) is 8.13. The molecular formula is C22H20O3. The smallest absolute Gasteiger partial charge is 0.193 e. The van der Waals surface area contributed by atoms with Crippen LogP contribution in [0, 0.1) is 6.92 Å². The molecule has 3 aromatic carbocycles. The van der Waals surface area contributed by atoms with E-state index in [0.29, 0.717) is 6.61 Å². The Kier molecular flexibility index (Phi) is 5.14. The molecule has 126 valence electrons. The minimum Gasteiger partial charge on any atom is -0.493 e. The zero-order valence-corrected chi connectivity index (χ0v) is 14.4. The molecule has 2 bridgehead atoms. The van der Waals surface area contributed by atoms with Crippen LogP contribution in [0.25, 0.3) is 0 Å². The van der Waals surface area contributed by atoms with Gasteiger partial charge in [-0.1, -0.05) is 66.2 Å². The summed E-state index contributed by atoms with van der Waals surface area (Å²) >= 11 is 0. The maximum absolute atomic E-state index is 12.0. The van der Waals surface area contributed by atoms with Crippen molar-refractivity contribution >= 4 is 5.78 Å². The molecule has 0 saturated heterocycles. The highest BCUT2D eigenvalue weighted by molar-refractivity contribution is 6.08. The van der Waals surface area contributed by atoms with Crippen LogP contribution >= 0.6 is 0 Å². The van der Waals surface area contributed by atoms with Gasteiger partial charge >= 0.3 is 0 Å². The second kappa shape index (κ2) is 7.67. The summed E-state index contributed by atoms with van der Waals surface area (Å²) in [4.78, 5) is 12.0. The Morgan fingerprint density at radius 3 is 2.08 bits per heavy atom. The van der Waals surface area contributed by atoms with Crippen molar-refractivity contribution in [2.24, 2.45) is 0 Å². The van der Waals surface area contributed by atoms with Gasteiger partial charge in [0.2, 0.25) is 0 Å². The van der Waals surface area contributed by atoms with E-state index in [1.54, 1.807) is 7.11 Å². The summed E-state index contributed by atoms with van der Waals surface area (Å²) < 4.78 is 10.3. The molecule has 3 aromatic rings. The molecule has 25 heavy (non-hydrogen) atoms. The molecule has 5 rings (SSSR count). The van der Waals surface area contributed by atoms with Crippen LogP contribution in [0.15, 0.2) is 72.8 Å². The lowest BCUT2D eigenvalue weighted by Crippen LogP contribution is -2.03. The van der Waals surface area contributed by atoms with Crippen molar-refractivity contribution in [1.82, 2.24) is 0 Å². The monoisotopic (exact) mass is 332 g/mol. The van der Waals surface area contributed by atoms with Gasteiger partial charge in [-0.25, -0.2) is 0 Å². The van der Waals surface area contributed by atoms with Crippen molar-refractivity contribution in [3.8, 4) is 11.5 Å². The number of methoxy groups -OCH3 is 1. The number of rotatable bonds is 3. The quantitative estimate of drug-likeness (QED) is 0.646. The van der Waals surface area contributed by atoms with E-state index in [1.165, 1.54) is 11.1 Å². The molecule has 0 radical (unpaired) electrons. The van der Waals surface area contributed by atoms with E-state index in [0.717, 1.165) is 22.6 Å². The number of ether oxygens (including phenoxy) is 2. The first kappa shape index (κ1) is 16.8. The highest BCUT2D eigenvalue weighted by Crippen LogP contribution is 2.32. The van der Waals surface area contributed by atoms with Crippen LogP contribution in [0.3, 0.4) is 0 Å². The van der Waals surface area contributed by atoms with Crippen LogP contribution in [0.1, 0.15) is 27.0 Å². The number of benzene rings is 3. The van der Waals surface area contributed by atoms with Crippen LogP contribution in [-0.4, -0.2) is 12.9 Å². The Morgan fingerprint density at radius 2 is 1.60 bits per heavy atom. The lowest BCUT2D eigenvalue weighted by molar-refractivity contribution is 0.103. The molecular weight excluding hydrogens is 312 g/mol. The predicted molar refractivity (Wildman–Crippen MR) is 98.4 cm³/mol. The Bertz CT molecular complexity index is 852. The molecule has 0 unspecified atom stereocenters. The van der Waals surface area contributed by atoms with E-state index in [1.807, 2.05) is 79.7 Å². The van der Waals surface area contributed by atoms with Crippen molar-refractivity contribution in [3.05, 3.63) is 95.1 Å². The van der Waals surface area contributed by atoms with E-state index in [4.69, 9.17) is 9.47 Å². The first-order chi connectivity index (χ1) is 12.2. The number of hydrogen-bond acceptors (Lipinski definition) is 3. The molecule has 2 heterocycles. The second-order valence-electron chi connectivity index (χ2n) is 5.84. The van der Waals surface area contributed by atoms with Crippen LogP contribution < -0.4 is 9.47 Å². The average Bonchev–Trinajstić information content (AvgIpc) is 2.70. The number of aryl methyl sites for hydroxylation is 1. The fraction of sp³-hybridized carbons (Fsp3) is 0.136. The topological polar surface area (TPSA) is 35.5 Å². The van der Waals surface area contributed by atoms with Crippen LogP contribution in [0.5, 0.6) is 11.5 Å². The maximum Gasteiger partial charge on any atom is 0.193 e. The summed E-state index contributed by atoms with van der Waals surface area (Å²) in [5.74, 6) is 1.76. The van der Waals surface area contributed by atoms with Crippen molar-refractivity contribution < 1.29 is 14.3 Å². The number of carbonyl (C=O) groups excluding carboxylic acids is 1. The third-order valence-corrected chi connectivity index (χ3v) is 3.97. The lowest BCUT2D eigenvalue weighted by atomic mass is 10.0. The van der Waals surface area contributed by atoms with Gasteiger partial charge in [0.05, 0.1) is 7.11 Å². The largest absolute Gasteiger partial charge is 0.493 e. The zero-order chi connectivity index (χ0) is 17.6. The molecule has 2 aliphatic heterocycles. The van der Waals surface area contributed by atoms with E-state index >= 15 is 0 Å². The van der Waals surface area contributed by atoms with Gasteiger partial charge in [0.15, 0.2) is 17.3 Å². The van der Waals surface area contributed by atoms with Gasteiger partial charge in [-0.15, -0.1) is 0 Å². The SMILES string of the molecule is COc1cc2ccc1OC2.Cc1ccc(C(=O)c2ccccc2)cc1. The van der Waals surface area contributed by atoms with E-state index < -0.39 is 0 Å². The van der Waals surface area contributed by atoms with Crippen molar-refractivity contribution in [1.29, 1.82) is 0 Å². The minimum absolute atomic E-state index is 0.0793. The standard InChI is InChI=1S/C14H12O.C8H8O2/c1-11-7-9-13(10-8-11)14(15)12-5-3-2-4-6-12;1-9-8-4-6-2-3-7(8)10-5-6/h2-10H,1H3;2-4H,5H2,1H3. The van der Waals surface area contributed by atoms with Crippen LogP contribution in [0.4, 0.5) is 0 Å². The third-order valence-electron chi connectivity index (χ3n) is 3.97. The number of fused-ring (bicyclic) bond motifs is 3. The first-order valence-corrected chi connectivity index (χ1v) is 8.13. The van der Waals surface area contributed by atoms with E-state index in [-0.39, 0.29) is 5.78 Å². The Morgan fingerprint density at radius 1 is 0.920 bits per heavy atom. The molecule has 0 atom stereocenters. The van der Waals surface area contributed by atoms with Crippen LogP contribution in [0.2, 0.25) is 0 Å². The maximum atomic E-state index is 12.0. The zero-order valence-electron chi connectivity index (χ0n) is 14.4. The molecule has 0 aliphatic carbocycles. The molecule has 3 heteroatoms. The van der Waals surface area contributed by atoms with Gasteiger partial charge < -0.3 is 9.47 Å². The van der Waals surface area contributed by atoms with Gasteiger partial charge in [-0.2, -0.15) is 0 Å². The summed E-state index contributed by atoms with van der Waals surface area (Å²) in [7, 11) is 1.65. The Balaban J connectivity index is 0.000000157.